The fourth-order valence-corrected chi connectivity index (χ4v) is 2.57. The number of rotatable bonds is 2. The van der Waals surface area contributed by atoms with E-state index in [2.05, 4.69) is 15.3 Å². The van der Waals surface area contributed by atoms with Crippen molar-refractivity contribution in [3.05, 3.63) is 30.1 Å². The van der Waals surface area contributed by atoms with Crippen molar-refractivity contribution in [2.75, 3.05) is 0 Å². The Kier molecular flexibility index (Phi) is 3.21. The van der Waals surface area contributed by atoms with E-state index in [1.54, 1.807) is 12.4 Å². The van der Waals surface area contributed by atoms with Crippen molar-refractivity contribution in [2.45, 2.75) is 37.8 Å². The van der Waals surface area contributed by atoms with E-state index in [1.807, 2.05) is 12.1 Å². The minimum atomic E-state index is -0.200. The van der Waals surface area contributed by atoms with Gasteiger partial charge in [-0.05, 0) is 43.9 Å². The number of hydrogen-bond acceptors (Lipinski definition) is 3. The van der Waals surface area contributed by atoms with Crippen LogP contribution in [0.4, 0.5) is 0 Å². The number of imidazole rings is 1. The molecule has 0 aliphatic heterocycles. The first kappa shape index (κ1) is 12.2. The maximum absolute atomic E-state index is 12.2. The minimum Gasteiger partial charge on any atom is -0.393 e. The number of carbonyl (C=O) groups is 1. The molecule has 1 fully saturated rings. The highest BCUT2D eigenvalue weighted by Gasteiger charge is 2.21. The molecule has 0 bridgehead atoms. The van der Waals surface area contributed by atoms with Crippen LogP contribution in [0.1, 0.15) is 36.0 Å². The highest BCUT2D eigenvalue weighted by atomic mass is 16.3. The number of amides is 1. The highest BCUT2D eigenvalue weighted by molar-refractivity contribution is 5.97. The quantitative estimate of drug-likeness (QED) is 0.766. The van der Waals surface area contributed by atoms with Crippen LogP contribution in [0.5, 0.6) is 0 Å². The molecule has 0 saturated heterocycles. The maximum Gasteiger partial charge on any atom is 0.251 e. The molecule has 0 radical (unpaired) electrons. The first-order valence-corrected chi connectivity index (χ1v) is 6.64. The summed E-state index contributed by atoms with van der Waals surface area (Å²) in [4.78, 5) is 19.3. The molecule has 3 rings (SSSR count). The van der Waals surface area contributed by atoms with E-state index in [4.69, 9.17) is 0 Å². The second-order valence-electron chi connectivity index (χ2n) is 5.11. The number of nitrogens with zero attached hydrogens (tertiary/aromatic N) is 1. The normalized spacial score (nSPS) is 23.4. The predicted molar refractivity (Wildman–Crippen MR) is 71.8 cm³/mol. The third kappa shape index (κ3) is 2.61. The first-order valence-electron chi connectivity index (χ1n) is 6.64. The molecule has 100 valence electrons. The van der Waals surface area contributed by atoms with Gasteiger partial charge in [-0.15, -0.1) is 0 Å². The van der Waals surface area contributed by atoms with Crippen molar-refractivity contribution in [1.82, 2.24) is 15.3 Å². The lowest BCUT2D eigenvalue weighted by atomic mass is 9.93. The smallest absolute Gasteiger partial charge is 0.251 e. The number of carbonyl (C=O) groups excluding carboxylic acids is 1. The minimum absolute atomic E-state index is 0.0575. The second-order valence-corrected chi connectivity index (χ2v) is 5.11. The van der Waals surface area contributed by atoms with E-state index in [0.717, 1.165) is 36.7 Å². The molecule has 19 heavy (non-hydrogen) atoms. The molecule has 2 aromatic rings. The Morgan fingerprint density at radius 2 is 2.11 bits per heavy atom. The summed E-state index contributed by atoms with van der Waals surface area (Å²) < 4.78 is 0. The zero-order valence-corrected chi connectivity index (χ0v) is 10.6. The number of aliphatic hydroxyl groups excluding tert-OH is 1. The van der Waals surface area contributed by atoms with Gasteiger partial charge in [0.25, 0.3) is 5.91 Å². The van der Waals surface area contributed by atoms with E-state index in [0.29, 0.717) is 5.56 Å². The number of nitrogens with one attached hydrogen (secondary N) is 2. The lowest BCUT2D eigenvalue weighted by Crippen LogP contribution is -2.38. The van der Waals surface area contributed by atoms with Crippen LogP contribution < -0.4 is 5.32 Å². The van der Waals surface area contributed by atoms with Crippen molar-refractivity contribution in [1.29, 1.82) is 0 Å². The van der Waals surface area contributed by atoms with E-state index >= 15 is 0 Å². The molecular formula is C14H17N3O2. The third-order valence-electron chi connectivity index (χ3n) is 3.71. The molecule has 5 heteroatoms. The number of H-pyrrole nitrogens is 1. The maximum atomic E-state index is 12.2. The van der Waals surface area contributed by atoms with Gasteiger partial charge in [-0.3, -0.25) is 4.79 Å². The van der Waals surface area contributed by atoms with Gasteiger partial charge in [-0.25, -0.2) is 4.98 Å². The molecular weight excluding hydrogens is 242 g/mol. The summed E-state index contributed by atoms with van der Waals surface area (Å²) in [6.45, 7) is 0. The summed E-state index contributed by atoms with van der Waals surface area (Å²) in [5.74, 6) is -0.0575. The van der Waals surface area contributed by atoms with Gasteiger partial charge in [-0.2, -0.15) is 0 Å². The molecule has 1 saturated carbocycles. The lowest BCUT2D eigenvalue weighted by Gasteiger charge is -2.26. The summed E-state index contributed by atoms with van der Waals surface area (Å²) >= 11 is 0. The van der Waals surface area contributed by atoms with Crippen LogP contribution in [-0.2, 0) is 0 Å². The molecule has 1 aliphatic carbocycles. The van der Waals surface area contributed by atoms with E-state index in [9.17, 15) is 9.90 Å². The highest BCUT2D eigenvalue weighted by Crippen LogP contribution is 2.19. The number of aliphatic hydroxyl groups is 1. The molecule has 5 nitrogen and oxygen atoms in total. The summed E-state index contributed by atoms with van der Waals surface area (Å²) in [6, 6.07) is 5.62. The van der Waals surface area contributed by atoms with E-state index in [1.165, 1.54) is 0 Å². The standard InChI is InChI=1S/C14H17N3O2/c18-11-4-2-10(3-5-11)17-14(19)9-1-6-12-13(7-9)16-8-15-12/h1,6-8,10-11,18H,2-5H2,(H,15,16)(H,17,19)/t10-,11-. The number of aromatic nitrogens is 2. The third-order valence-corrected chi connectivity index (χ3v) is 3.71. The lowest BCUT2D eigenvalue weighted by molar-refractivity contribution is 0.0868. The largest absolute Gasteiger partial charge is 0.393 e. The van der Waals surface area contributed by atoms with Crippen molar-refractivity contribution in [2.24, 2.45) is 0 Å². The molecule has 1 aromatic carbocycles. The molecule has 0 spiro atoms. The number of hydrogen-bond donors (Lipinski definition) is 3. The Balaban J connectivity index is 1.69. The second kappa shape index (κ2) is 5.01. The number of fused-ring (bicyclic) bond motifs is 1. The Hall–Kier alpha value is -1.88. The average molecular weight is 259 g/mol. The first-order chi connectivity index (χ1) is 9.22. The van der Waals surface area contributed by atoms with Crippen molar-refractivity contribution in [3.8, 4) is 0 Å². The van der Waals surface area contributed by atoms with Gasteiger partial charge in [0.2, 0.25) is 0 Å². The van der Waals surface area contributed by atoms with Crippen LogP contribution in [-0.4, -0.2) is 33.1 Å². The molecule has 3 N–H and O–H groups in total. The van der Waals surface area contributed by atoms with Gasteiger partial charge >= 0.3 is 0 Å². The molecule has 1 amide bonds. The van der Waals surface area contributed by atoms with Gasteiger partial charge in [0.15, 0.2) is 0 Å². The van der Waals surface area contributed by atoms with Crippen LogP contribution in [0.15, 0.2) is 24.5 Å². The molecule has 1 heterocycles. The average Bonchev–Trinajstić information content (AvgIpc) is 2.88. The fourth-order valence-electron chi connectivity index (χ4n) is 2.57. The summed E-state index contributed by atoms with van der Waals surface area (Å²) in [7, 11) is 0. The van der Waals surface area contributed by atoms with Gasteiger partial charge in [0.1, 0.15) is 0 Å². The van der Waals surface area contributed by atoms with Gasteiger partial charge < -0.3 is 15.4 Å². The monoisotopic (exact) mass is 259 g/mol. The number of aromatic amines is 1. The Morgan fingerprint density at radius 1 is 1.32 bits per heavy atom. The fraction of sp³-hybridized carbons (Fsp3) is 0.429. The Morgan fingerprint density at radius 3 is 2.89 bits per heavy atom. The summed E-state index contributed by atoms with van der Waals surface area (Å²) in [6.07, 6.45) is 4.65. The van der Waals surface area contributed by atoms with Crippen LogP contribution in [0, 0.1) is 0 Å². The van der Waals surface area contributed by atoms with Gasteiger partial charge in [0.05, 0.1) is 23.5 Å². The number of benzene rings is 1. The summed E-state index contributed by atoms with van der Waals surface area (Å²) in [5, 5.41) is 12.5. The SMILES string of the molecule is O=C(N[C@H]1CC[C@H](O)CC1)c1ccc2nc[nH]c2c1. The van der Waals surface area contributed by atoms with Crippen LogP contribution in [0.2, 0.25) is 0 Å². The Labute approximate surface area is 111 Å². The molecule has 1 aliphatic rings. The molecule has 0 atom stereocenters. The van der Waals surface area contributed by atoms with Crippen molar-refractivity contribution in [3.63, 3.8) is 0 Å². The predicted octanol–water partition coefficient (Wildman–Crippen LogP) is 1.60. The zero-order chi connectivity index (χ0) is 13.2. The molecule has 0 unspecified atom stereocenters. The zero-order valence-electron chi connectivity index (χ0n) is 10.6. The van der Waals surface area contributed by atoms with Gasteiger partial charge in [0, 0.05) is 11.6 Å². The van der Waals surface area contributed by atoms with Crippen LogP contribution in [0.3, 0.4) is 0 Å². The topological polar surface area (TPSA) is 78.0 Å². The van der Waals surface area contributed by atoms with Crippen molar-refractivity contribution < 1.29 is 9.90 Å². The van der Waals surface area contributed by atoms with Gasteiger partial charge in [-0.1, -0.05) is 0 Å². The van der Waals surface area contributed by atoms with Crippen molar-refractivity contribution >= 4 is 16.9 Å². The molecule has 1 aromatic heterocycles. The van der Waals surface area contributed by atoms with Crippen LogP contribution in [0.25, 0.3) is 11.0 Å². The van der Waals surface area contributed by atoms with Crippen LogP contribution >= 0.6 is 0 Å². The van der Waals surface area contributed by atoms with E-state index in [-0.39, 0.29) is 18.1 Å². The van der Waals surface area contributed by atoms with E-state index < -0.39 is 0 Å². The Bertz CT molecular complexity index is 585. The summed E-state index contributed by atoms with van der Waals surface area (Å²) in [5.41, 5.74) is 2.37.